The van der Waals surface area contributed by atoms with Crippen LogP contribution in [0.2, 0.25) is 0 Å². The summed E-state index contributed by atoms with van der Waals surface area (Å²) in [6.45, 7) is 6.72. The first-order chi connectivity index (χ1) is 10.6. The molecule has 120 valence electrons. The SMILES string of the molecule is CC1CN(CC2CCC(=O)NC2)CCN1c1cccc(F)n1. The number of hydrogen-bond acceptors (Lipinski definition) is 4. The second-order valence-corrected chi connectivity index (χ2v) is 6.33. The van der Waals surface area contributed by atoms with E-state index in [1.54, 1.807) is 6.07 Å². The molecule has 2 saturated heterocycles. The number of halogens is 1. The maximum Gasteiger partial charge on any atom is 0.220 e. The zero-order chi connectivity index (χ0) is 15.5. The fourth-order valence-electron chi connectivity index (χ4n) is 3.40. The predicted octanol–water partition coefficient (Wildman–Crippen LogP) is 1.26. The molecule has 3 heterocycles. The number of hydrogen-bond donors (Lipinski definition) is 1. The van der Waals surface area contributed by atoms with Crippen LogP contribution in [0.15, 0.2) is 18.2 Å². The molecule has 0 spiro atoms. The van der Waals surface area contributed by atoms with Gasteiger partial charge in [-0.15, -0.1) is 0 Å². The number of carbonyl (C=O) groups excluding carboxylic acids is 1. The van der Waals surface area contributed by atoms with Crippen LogP contribution in [0.1, 0.15) is 19.8 Å². The highest BCUT2D eigenvalue weighted by Gasteiger charge is 2.27. The normalized spacial score (nSPS) is 26.8. The van der Waals surface area contributed by atoms with E-state index in [9.17, 15) is 9.18 Å². The lowest BCUT2D eigenvalue weighted by Gasteiger charge is -2.42. The maximum atomic E-state index is 13.3. The van der Waals surface area contributed by atoms with Crippen LogP contribution in [-0.4, -0.2) is 54.6 Å². The molecule has 0 aliphatic carbocycles. The Morgan fingerprint density at radius 1 is 1.41 bits per heavy atom. The highest BCUT2D eigenvalue weighted by Crippen LogP contribution is 2.20. The summed E-state index contributed by atoms with van der Waals surface area (Å²) in [6.07, 6.45) is 1.62. The Morgan fingerprint density at radius 3 is 2.95 bits per heavy atom. The van der Waals surface area contributed by atoms with Crippen molar-refractivity contribution in [3.63, 3.8) is 0 Å². The second kappa shape index (κ2) is 6.60. The van der Waals surface area contributed by atoms with Crippen molar-refractivity contribution in [2.24, 2.45) is 5.92 Å². The van der Waals surface area contributed by atoms with Gasteiger partial charge in [0.15, 0.2) is 0 Å². The van der Waals surface area contributed by atoms with Crippen molar-refractivity contribution in [3.05, 3.63) is 24.1 Å². The Morgan fingerprint density at radius 2 is 2.27 bits per heavy atom. The molecular formula is C16H23FN4O. The van der Waals surface area contributed by atoms with E-state index in [-0.39, 0.29) is 5.91 Å². The molecule has 2 aliphatic rings. The number of nitrogens with zero attached hydrogens (tertiary/aromatic N) is 3. The highest BCUT2D eigenvalue weighted by molar-refractivity contribution is 5.76. The zero-order valence-corrected chi connectivity index (χ0v) is 13.0. The summed E-state index contributed by atoms with van der Waals surface area (Å²) in [7, 11) is 0. The molecule has 6 heteroatoms. The van der Waals surface area contributed by atoms with E-state index in [0.29, 0.717) is 18.4 Å². The van der Waals surface area contributed by atoms with Crippen molar-refractivity contribution in [3.8, 4) is 0 Å². The topological polar surface area (TPSA) is 48.5 Å². The van der Waals surface area contributed by atoms with Gasteiger partial charge in [0.2, 0.25) is 11.9 Å². The predicted molar refractivity (Wildman–Crippen MR) is 83.2 cm³/mol. The van der Waals surface area contributed by atoms with Crippen LogP contribution in [-0.2, 0) is 4.79 Å². The molecule has 1 amide bonds. The van der Waals surface area contributed by atoms with Crippen molar-refractivity contribution < 1.29 is 9.18 Å². The van der Waals surface area contributed by atoms with Crippen LogP contribution in [0.5, 0.6) is 0 Å². The summed E-state index contributed by atoms with van der Waals surface area (Å²) in [5.74, 6) is 1.01. The van der Waals surface area contributed by atoms with Crippen molar-refractivity contribution >= 4 is 11.7 Å². The monoisotopic (exact) mass is 306 g/mol. The summed E-state index contributed by atoms with van der Waals surface area (Å²) in [5.41, 5.74) is 0. The van der Waals surface area contributed by atoms with Gasteiger partial charge in [-0.05, 0) is 31.4 Å². The summed E-state index contributed by atoms with van der Waals surface area (Å²) in [5, 5.41) is 2.95. The van der Waals surface area contributed by atoms with Gasteiger partial charge in [0, 0.05) is 45.2 Å². The van der Waals surface area contributed by atoms with E-state index in [2.05, 4.69) is 27.0 Å². The molecule has 0 saturated carbocycles. The molecule has 2 fully saturated rings. The van der Waals surface area contributed by atoms with E-state index >= 15 is 0 Å². The molecule has 22 heavy (non-hydrogen) atoms. The quantitative estimate of drug-likeness (QED) is 0.854. The number of piperazine rings is 1. The molecule has 0 bridgehead atoms. The minimum Gasteiger partial charge on any atom is -0.356 e. The zero-order valence-electron chi connectivity index (χ0n) is 13.0. The van der Waals surface area contributed by atoms with Crippen LogP contribution >= 0.6 is 0 Å². The molecule has 5 nitrogen and oxygen atoms in total. The fourth-order valence-corrected chi connectivity index (χ4v) is 3.40. The molecule has 0 radical (unpaired) electrons. The Kier molecular flexibility index (Phi) is 4.57. The number of carbonyl (C=O) groups is 1. The van der Waals surface area contributed by atoms with Crippen molar-refractivity contribution in [2.45, 2.75) is 25.8 Å². The number of anilines is 1. The number of piperidine rings is 1. The van der Waals surface area contributed by atoms with Gasteiger partial charge in [0.25, 0.3) is 0 Å². The minimum atomic E-state index is -0.426. The van der Waals surface area contributed by atoms with Gasteiger partial charge in [0.1, 0.15) is 5.82 Å². The van der Waals surface area contributed by atoms with Gasteiger partial charge < -0.3 is 10.2 Å². The number of rotatable bonds is 3. The molecule has 2 aliphatic heterocycles. The molecule has 3 rings (SSSR count). The summed E-state index contributed by atoms with van der Waals surface area (Å²) < 4.78 is 13.3. The summed E-state index contributed by atoms with van der Waals surface area (Å²) in [4.78, 5) is 19.8. The molecule has 2 atom stereocenters. The van der Waals surface area contributed by atoms with Crippen molar-refractivity contribution in [1.29, 1.82) is 0 Å². The van der Waals surface area contributed by atoms with Gasteiger partial charge in [0.05, 0.1) is 0 Å². The smallest absolute Gasteiger partial charge is 0.220 e. The second-order valence-electron chi connectivity index (χ2n) is 6.33. The molecule has 1 aromatic heterocycles. The van der Waals surface area contributed by atoms with Gasteiger partial charge in [-0.2, -0.15) is 4.39 Å². The third-order valence-corrected chi connectivity index (χ3v) is 4.59. The first kappa shape index (κ1) is 15.2. The number of nitrogens with one attached hydrogen (secondary N) is 1. The summed E-state index contributed by atoms with van der Waals surface area (Å²) >= 11 is 0. The van der Waals surface area contributed by atoms with E-state index in [1.807, 2.05) is 6.07 Å². The van der Waals surface area contributed by atoms with Crippen molar-refractivity contribution in [2.75, 3.05) is 37.6 Å². The Labute approximate surface area is 130 Å². The van der Waals surface area contributed by atoms with Crippen LogP contribution in [0, 0.1) is 11.9 Å². The number of aromatic nitrogens is 1. The molecular weight excluding hydrogens is 283 g/mol. The van der Waals surface area contributed by atoms with Gasteiger partial charge in [-0.3, -0.25) is 9.69 Å². The Hall–Kier alpha value is -1.69. The van der Waals surface area contributed by atoms with Crippen LogP contribution < -0.4 is 10.2 Å². The largest absolute Gasteiger partial charge is 0.356 e. The lowest BCUT2D eigenvalue weighted by molar-refractivity contribution is -0.123. The van der Waals surface area contributed by atoms with E-state index in [0.717, 1.165) is 45.0 Å². The van der Waals surface area contributed by atoms with Crippen LogP contribution in [0.4, 0.5) is 10.2 Å². The van der Waals surface area contributed by atoms with E-state index < -0.39 is 5.95 Å². The lowest BCUT2D eigenvalue weighted by atomic mass is 9.98. The number of amides is 1. The van der Waals surface area contributed by atoms with Crippen LogP contribution in [0.3, 0.4) is 0 Å². The minimum absolute atomic E-state index is 0.173. The standard InChI is InChI=1S/C16H23FN4O/c1-12-10-20(11-13-5-6-16(22)18-9-13)7-8-21(12)15-4-2-3-14(17)19-15/h2-4,12-13H,5-11H2,1H3,(H,18,22). The highest BCUT2D eigenvalue weighted by atomic mass is 19.1. The van der Waals surface area contributed by atoms with Crippen LogP contribution in [0.25, 0.3) is 0 Å². The Balaban J connectivity index is 1.54. The fraction of sp³-hybridized carbons (Fsp3) is 0.625. The lowest BCUT2D eigenvalue weighted by Crippen LogP contribution is -2.54. The van der Waals surface area contributed by atoms with Gasteiger partial charge in [-0.1, -0.05) is 6.07 Å². The Bertz CT molecular complexity index is 529. The molecule has 2 unspecified atom stereocenters. The third-order valence-electron chi connectivity index (χ3n) is 4.59. The van der Waals surface area contributed by atoms with Crippen molar-refractivity contribution in [1.82, 2.24) is 15.2 Å². The van der Waals surface area contributed by atoms with E-state index in [1.165, 1.54) is 6.07 Å². The average Bonchev–Trinajstić information content (AvgIpc) is 2.50. The third kappa shape index (κ3) is 3.55. The number of pyridine rings is 1. The van der Waals surface area contributed by atoms with Gasteiger partial charge in [-0.25, -0.2) is 4.98 Å². The molecule has 1 N–H and O–H groups in total. The summed E-state index contributed by atoms with van der Waals surface area (Å²) in [6, 6.07) is 5.26. The van der Waals surface area contributed by atoms with E-state index in [4.69, 9.17) is 0 Å². The molecule has 0 aromatic carbocycles. The maximum absolute atomic E-state index is 13.3. The first-order valence-electron chi connectivity index (χ1n) is 8.00. The average molecular weight is 306 g/mol. The first-order valence-corrected chi connectivity index (χ1v) is 8.00. The van der Waals surface area contributed by atoms with Gasteiger partial charge >= 0.3 is 0 Å². The molecule has 1 aromatic rings.